The van der Waals surface area contributed by atoms with Crippen LogP contribution in [0.25, 0.3) is 33.4 Å². The quantitative estimate of drug-likeness (QED) is 0.324. The molecule has 35 heavy (non-hydrogen) atoms. The summed E-state index contributed by atoms with van der Waals surface area (Å²) < 4.78 is 55.2. The van der Waals surface area contributed by atoms with Crippen LogP contribution < -0.4 is 5.56 Å². The smallest absolute Gasteiger partial charge is 0.295 e. The average molecular weight is 477 g/mol. The summed E-state index contributed by atoms with van der Waals surface area (Å²) in [6.07, 6.45) is -1.58. The number of nitriles is 1. The molecule has 8 heteroatoms. The Labute approximate surface area is 198 Å². The van der Waals surface area contributed by atoms with Gasteiger partial charge in [0.05, 0.1) is 11.3 Å². The van der Waals surface area contributed by atoms with Crippen molar-refractivity contribution in [3.05, 3.63) is 87.0 Å². The van der Waals surface area contributed by atoms with Crippen LogP contribution in [0.15, 0.2) is 53.3 Å². The third kappa shape index (κ3) is 3.77. The van der Waals surface area contributed by atoms with E-state index >= 15 is 0 Å². The minimum Gasteiger partial charge on any atom is -0.295 e. The molecule has 5 rings (SSSR count). The summed E-state index contributed by atoms with van der Waals surface area (Å²) in [5.74, 6) is -0.451. The van der Waals surface area contributed by atoms with Gasteiger partial charge >= 0.3 is 6.18 Å². The first-order chi connectivity index (χ1) is 16.7. The van der Waals surface area contributed by atoms with Gasteiger partial charge in [-0.2, -0.15) is 18.4 Å². The summed E-state index contributed by atoms with van der Waals surface area (Å²) >= 11 is 0. The van der Waals surface area contributed by atoms with Crippen molar-refractivity contribution in [2.75, 3.05) is 0 Å². The van der Waals surface area contributed by atoms with Crippen molar-refractivity contribution in [1.82, 2.24) is 9.55 Å². The summed E-state index contributed by atoms with van der Waals surface area (Å²) in [5, 5.41) is 10.5. The van der Waals surface area contributed by atoms with E-state index in [0.717, 1.165) is 36.1 Å². The van der Waals surface area contributed by atoms with Crippen molar-refractivity contribution in [2.45, 2.75) is 31.9 Å². The number of alkyl halides is 3. The fourth-order valence-electron chi connectivity index (χ4n) is 4.90. The zero-order valence-corrected chi connectivity index (χ0v) is 18.7. The SMILES string of the molecule is Cn1c(=O)c(C#N)c(-c2ccc(F)cc2)c2c3c(c(-c4cccc(C(F)(F)F)c4)nc21)CCCC3. The number of hydrogen-bond acceptors (Lipinski definition) is 3. The van der Waals surface area contributed by atoms with Gasteiger partial charge in [-0.25, -0.2) is 9.37 Å². The van der Waals surface area contributed by atoms with E-state index in [1.807, 2.05) is 6.07 Å². The van der Waals surface area contributed by atoms with Gasteiger partial charge < -0.3 is 0 Å². The van der Waals surface area contributed by atoms with Crippen LogP contribution in [0.4, 0.5) is 17.6 Å². The summed E-state index contributed by atoms with van der Waals surface area (Å²) in [6.45, 7) is 0. The normalized spacial score (nSPS) is 13.5. The molecule has 0 atom stereocenters. The lowest BCUT2D eigenvalue weighted by Crippen LogP contribution is -2.24. The lowest BCUT2D eigenvalue weighted by molar-refractivity contribution is -0.137. The molecule has 0 radical (unpaired) electrons. The molecule has 2 aromatic carbocycles. The first-order valence-corrected chi connectivity index (χ1v) is 11.1. The number of pyridine rings is 2. The number of rotatable bonds is 2. The molecule has 0 fully saturated rings. The Morgan fingerprint density at radius 2 is 1.69 bits per heavy atom. The lowest BCUT2D eigenvalue weighted by Gasteiger charge is -2.24. The van der Waals surface area contributed by atoms with Crippen molar-refractivity contribution in [1.29, 1.82) is 5.26 Å². The maximum atomic E-state index is 13.6. The Hall–Kier alpha value is -3.99. The molecule has 1 aliphatic carbocycles. The van der Waals surface area contributed by atoms with E-state index in [0.29, 0.717) is 40.6 Å². The number of fused-ring (bicyclic) bond motifs is 3. The minimum absolute atomic E-state index is 0.0759. The molecule has 0 N–H and O–H groups in total. The van der Waals surface area contributed by atoms with Gasteiger partial charge in [0.1, 0.15) is 23.1 Å². The second-order valence-electron chi connectivity index (χ2n) is 8.63. The molecule has 0 saturated carbocycles. The van der Waals surface area contributed by atoms with E-state index in [-0.39, 0.29) is 11.2 Å². The highest BCUT2D eigenvalue weighted by atomic mass is 19.4. The van der Waals surface area contributed by atoms with E-state index in [1.165, 1.54) is 41.9 Å². The molecule has 0 aliphatic heterocycles. The molecule has 4 aromatic rings. The van der Waals surface area contributed by atoms with E-state index in [2.05, 4.69) is 0 Å². The van der Waals surface area contributed by atoms with Crippen LogP contribution in [0.1, 0.15) is 35.1 Å². The van der Waals surface area contributed by atoms with Crippen molar-refractivity contribution in [3.63, 3.8) is 0 Å². The third-order valence-electron chi connectivity index (χ3n) is 6.54. The predicted molar refractivity (Wildman–Crippen MR) is 124 cm³/mol. The molecule has 1 aliphatic rings. The summed E-state index contributed by atoms with van der Waals surface area (Å²) in [4.78, 5) is 17.9. The Bertz CT molecular complexity index is 1580. The molecular formula is C27H19F4N3O. The molecule has 2 aromatic heterocycles. The summed E-state index contributed by atoms with van der Waals surface area (Å²) in [7, 11) is 1.50. The second kappa shape index (κ2) is 8.35. The van der Waals surface area contributed by atoms with E-state index < -0.39 is 23.1 Å². The van der Waals surface area contributed by atoms with Crippen molar-refractivity contribution < 1.29 is 17.6 Å². The zero-order chi connectivity index (χ0) is 24.9. The Morgan fingerprint density at radius 3 is 2.34 bits per heavy atom. The van der Waals surface area contributed by atoms with Gasteiger partial charge in [0, 0.05) is 23.6 Å². The number of benzene rings is 2. The topological polar surface area (TPSA) is 58.7 Å². The number of aromatic nitrogens is 2. The van der Waals surface area contributed by atoms with Crippen molar-refractivity contribution in [3.8, 4) is 28.5 Å². The van der Waals surface area contributed by atoms with Crippen LogP contribution in [-0.4, -0.2) is 9.55 Å². The lowest BCUT2D eigenvalue weighted by atomic mass is 9.84. The molecule has 0 bridgehead atoms. The van der Waals surface area contributed by atoms with Crippen LogP contribution >= 0.6 is 0 Å². The third-order valence-corrected chi connectivity index (χ3v) is 6.54. The Balaban J connectivity index is 1.92. The maximum absolute atomic E-state index is 13.6. The largest absolute Gasteiger partial charge is 0.416 e. The second-order valence-corrected chi connectivity index (χ2v) is 8.63. The molecule has 0 saturated heterocycles. The van der Waals surface area contributed by atoms with Crippen LogP contribution in [0.5, 0.6) is 0 Å². The first-order valence-electron chi connectivity index (χ1n) is 11.1. The highest BCUT2D eigenvalue weighted by molar-refractivity contribution is 6.00. The van der Waals surface area contributed by atoms with Crippen LogP contribution in [0.3, 0.4) is 0 Å². The van der Waals surface area contributed by atoms with Gasteiger partial charge in [0.15, 0.2) is 0 Å². The Morgan fingerprint density at radius 1 is 1.00 bits per heavy atom. The van der Waals surface area contributed by atoms with Gasteiger partial charge in [-0.1, -0.05) is 24.3 Å². The van der Waals surface area contributed by atoms with Crippen molar-refractivity contribution >= 4 is 11.0 Å². The number of nitrogens with zero attached hydrogens (tertiary/aromatic N) is 3. The van der Waals surface area contributed by atoms with Crippen LogP contribution in [0, 0.1) is 17.1 Å². The highest BCUT2D eigenvalue weighted by Gasteiger charge is 2.31. The Kier molecular flexibility index (Phi) is 5.43. The number of aryl methyl sites for hydroxylation is 2. The summed E-state index contributed by atoms with van der Waals surface area (Å²) in [6, 6.07) is 12.6. The minimum atomic E-state index is -4.50. The molecule has 0 amide bonds. The molecule has 176 valence electrons. The molecule has 0 unspecified atom stereocenters. The van der Waals surface area contributed by atoms with E-state index in [1.54, 1.807) is 6.07 Å². The van der Waals surface area contributed by atoms with Gasteiger partial charge in [-0.05, 0) is 66.6 Å². The fourth-order valence-corrected chi connectivity index (χ4v) is 4.90. The number of hydrogen-bond donors (Lipinski definition) is 0. The molecular weight excluding hydrogens is 458 g/mol. The standard InChI is InChI=1S/C27H19F4N3O/c1-34-25-23(22(21(14-32)26(34)35)15-9-11-18(28)12-10-15)19-7-2-3-8-20(19)24(33-25)16-5-4-6-17(13-16)27(29,30)31/h4-6,9-13H,2-3,7-8H2,1H3. The molecule has 0 spiro atoms. The fraction of sp³-hybridized carbons (Fsp3) is 0.222. The summed E-state index contributed by atoms with van der Waals surface area (Å²) in [5.41, 5.74) is 2.14. The van der Waals surface area contributed by atoms with Crippen LogP contribution in [0.2, 0.25) is 0 Å². The van der Waals surface area contributed by atoms with Gasteiger partial charge in [-0.3, -0.25) is 9.36 Å². The first kappa shape index (κ1) is 22.8. The van der Waals surface area contributed by atoms with Gasteiger partial charge in [-0.15, -0.1) is 0 Å². The average Bonchev–Trinajstić information content (AvgIpc) is 2.85. The molecule has 4 nitrogen and oxygen atoms in total. The maximum Gasteiger partial charge on any atom is 0.416 e. The highest BCUT2D eigenvalue weighted by Crippen LogP contribution is 2.41. The van der Waals surface area contributed by atoms with E-state index in [4.69, 9.17) is 4.98 Å². The zero-order valence-electron chi connectivity index (χ0n) is 18.7. The van der Waals surface area contributed by atoms with Gasteiger partial charge in [0.25, 0.3) is 5.56 Å². The van der Waals surface area contributed by atoms with Gasteiger partial charge in [0.2, 0.25) is 0 Å². The predicted octanol–water partition coefficient (Wildman–Crippen LogP) is 6.18. The van der Waals surface area contributed by atoms with E-state index in [9.17, 15) is 27.6 Å². The van der Waals surface area contributed by atoms with Crippen LogP contribution in [-0.2, 0) is 26.1 Å². The number of halogens is 4. The van der Waals surface area contributed by atoms with Crippen molar-refractivity contribution in [2.24, 2.45) is 7.05 Å². The molecule has 2 heterocycles. The monoisotopic (exact) mass is 477 g/mol.